The molecule has 1 N–H and O–H groups in total. The first-order valence-electron chi connectivity index (χ1n) is 11.6. The van der Waals surface area contributed by atoms with Gasteiger partial charge >= 0.3 is 6.18 Å². The van der Waals surface area contributed by atoms with Crippen LogP contribution >= 0.6 is 0 Å². The van der Waals surface area contributed by atoms with Gasteiger partial charge in [-0.25, -0.2) is 0 Å². The van der Waals surface area contributed by atoms with E-state index in [2.05, 4.69) is 4.98 Å². The van der Waals surface area contributed by atoms with E-state index in [4.69, 9.17) is 4.74 Å². The highest BCUT2D eigenvalue weighted by Crippen LogP contribution is 2.40. The molecule has 0 bridgehead atoms. The van der Waals surface area contributed by atoms with Crippen LogP contribution < -0.4 is 4.74 Å². The third kappa shape index (κ3) is 5.66. The van der Waals surface area contributed by atoms with Gasteiger partial charge in [0, 0.05) is 24.5 Å². The van der Waals surface area contributed by atoms with Crippen molar-refractivity contribution in [3.8, 4) is 5.75 Å². The monoisotopic (exact) mass is 510 g/mol. The van der Waals surface area contributed by atoms with Crippen LogP contribution in [0.2, 0.25) is 0 Å². The molecule has 3 aromatic rings. The minimum absolute atomic E-state index is 0.166. The van der Waals surface area contributed by atoms with E-state index < -0.39 is 35.2 Å². The lowest BCUT2D eigenvalue weighted by Gasteiger charge is -2.25. The summed E-state index contributed by atoms with van der Waals surface area (Å²) >= 11 is 0. The van der Waals surface area contributed by atoms with Gasteiger partial charge in [-0.3, -0.25) is 14.6 Å². The first kappa shape index (κ1) is 25.9. The van der Waals surface area contributed by atoms with Crippen molar-refractivity contribution in [2.24, 2.45) is 5.92 Å². The Morgan fingerprint density at radius 1 is 1.08 bits per heavy atom. The molecule has 1 aliphatic heterocycles. The molecule has 37 heavy (non-hydrogen) atoms. The zero-order chi connectivity index (χ0) is 26.7. The molecule has 9 heteroatoms. The highest BCUT2D eigenvalue weighted by Gasteiger charge is 2.46. The second-order valence-corrected chi connectivity index (χ2v) is 9.14. The zero-order valence-corrected chi connectivity index (χ0v) is 20.2. The van der Waals surface area contributed by atoms with Gasteiger partial charge in [0.15, 0.2) is 0 Å². The number of aliphatic hydroxyl groups excluding tert-OH is 1. The summed E-state index contributed by atoms with van der Waals surface area (Å²) in [5.41, 5.74) is -0.104. The Hall–Kier alpha value is -4.14. The molecule has 1 saturated heterocycles. The van der Waals surface area contributed by atoms with Crippen LogP contribution in [0, 0.1) is 5.92 Å². The summed E-state index contributed by atoms with van der Waals surface area (Å²) in [6.45, 7) is 4.26. The van der Waals surface area contributed by atoms with Gasteiger partial charge in [-0.1, -0.05) is 32.0 Å². The number of ether oxygens (including phenoxy) is 1. The zero-order valence-electron chi connectivity index (χ0n) is 20.2. The summed E-state index contributed by atoms with van der Waals surface area (Å²) in [5.74, 6) is -1.35. The molecule has 1 amide bonds. The van der Waals surface area contributed by atoms with Crippen LogP contribution in [0.15, 0.2) is 78.6 Å². The lowest BCUT2D eigenvalue weighted by Crippen LogP contribution is -2.29. The maximum absolute atomic E-state index is 13.2. The van der Waals surface area contributed by atoms with E-state index >= 15 is 0 Å². The summed E-state index contributed by atoms with van der Waals surface area (Å²) in [6.07, 6.45) is -1.60. The predicted octanol–water partition coefficient (Wildman–Crippen LogP) is 5.76. The average Bonchev–Trinajstić information content (AvgIpc) is 3.12. The van der Waals surface area contributed by atoms with Gasteiger partial charge in [0.05, 0.1) is 23.8 Å². The Balaban J connectivity index is 1.74. The minimum Gasteiger partial charge on any atom is -0.507 e. The number of aliphatic hydroxyl groups is 1. The number of carbonyl (C=O) groups excluding carboxylic acids is 2. The molecular formula is C28H25F3N2O4. The minimum atomic E-state index is -4.56. The fourth-order valence-corrected chi connectivity index (χ4v) is 4.10. The van der Waals surface area contributed by atoms with Crippen LogP contribution in [0.5, 0.6) is 5.75 Å². The Kier molecular flexibility index (Phi) is 7.33. The van der Waals surface area contributed by atoms with E-state index in [0.29, 0.717) is 29.4 Å². The Bertz CT molecular complexity index is 1320. The average molecular weight is 511 g/mol. The third-order valence-electron chi connectivity index (χ3n) is 5.86. The summed E-state index contributed by atoms with van der Waals surface area (Å²) < 4.78 is 45.4. The largest absolute Gasteiger partial charge is 0.507 e. The second-order valence-electron chi connectivity index (χ2n) is 9.14. The van der Waals surface area contributed by atoms with E-state index in [1.807, 2.05) is 13.8 Å². The smallest absolute Gasteiger partial charge is 0.416 e. The van der Waals surface area contributed by atoms with E-state index in [1.54, 1.807) is 36.4 Å². The van der Waals surface area contributed by atoms with Crippen molar-refractivity contribution < 1.29 is 32.6 Å². The maximum atomic E-state index is 13.2. The number of amides is 1. The molecule has 192 valence electrons. The van der Waals surface area contributed by atoms with Gasteiger partial charge in [-0.05, 0) is 59.5 Å². The second kappa shape index (κ2) is 10.5. The lowest BCUT2D eigenvalue weighted by atomic mass is 9.96. The number of benzene rings is 2. The van der Waals surface area contributed by atoms with Crippen LogP contribution in [-0.2, 0) is 22.3 Å². The molecule has 2 aromatic carbocycles. The number of rotatable bonds is 7. The molecule has 1 aromatic heterocycles. The van der Waals surface area contributed by atoms with Crippen molar-refractivity contribution >= 4 is 17.4 Å². The number of aromatic nitrogens is 1. The van der Waals surface area contributed by atoms with Gasteiger partial charge in [-0.15, -0.1) is 0 Å². The topological polar surface area (TPSA) is 79.7 Å². The van der Waals surface area contributed by atoms with Crippen molar-refractivity contribution in [3.63, 3.8) is 0 Å². The van der Waals surface area contributed by atoms with Gasteiger partial charge in [0.25, 0.3) is 11.7 Å². The number of alkyl halides is 3. The first-order valence-corrected chi connectivity index (χ1v) is 11.6. The summed E-state index contributed by atoms with van der Waals surface area (Å²) in [5, 5.41) is 11.2. The third-order valence-corrected chi connectivity index (χ3v) is 5.86. The Morgan fingerprint density at radius 3 is 2.43 bits per heavy atom. The Morgan fingerprint density at radius 2 is 1.81 bits per heavy atom. The SMILES string of the molecule is CC(C)COc1ccc(/C(O)=C2\C(=O)C(=O)N(Cc3cccc(C(F)(F)F)c3)C2c2cccnc2)cc1. The highest BCUT2D eigenvalue weighted by molar-refractivity contribution is 6.46. The van der Waals surface area contributed by atoms with Gasteiger partial charge in [-0.2, -0.15) is 13.2 Å². The molecule has 0 spiro atoms. The number of hydrogen-bond donors (Lipinski definition) is 1. The van der Waals surface area contributed by atoms with Crippen molar-refractivity contribution in [1.29, 1.82) is 0 Å². The van der Waals surface area contributed by atoms with E-state index in [0.717, 1.165) is 17.0 Å². The number of nitrogens with zero attached hydrogens (tertiary/aromatic N) is 2. The molecule has 0 saturated carbocycles. The molecule has 1 fully saturated rings. The maximum Gasteiger partial charge on any atom is 0.416 e. The van der Waals surface area contributed by atoms with Gasteiger partial charge in [0.2, 0.25) is 0 Å². The van der Waals surface area contributed by atoms with Crippen molar-refractivity contribution in [2.45, 2.75) is 32.6 Å². The molecule has 1 aliphatic rings. The normalized spacial score (nSPS) is 17.5. The summed E-state index contributed by atoms with van der Waals surface area (Å²) in [7, 11) is 0. The fraction of sp³-hybridized carbons (Fsp3) is 0.250. The van der Waals surface area contributed by atoms with Crippen molar-refractivity contribution in [2.75, 3.05) is 6.61 Å². The highest BCUT2D eigenvalue weighted by atomic mass is 19.4. The summed E-state index contributed by atoms with van der Waals surface area (Å²) in [6, 6.07) is 13.2. The van der Waals surface area contributed by atoms with E-state index in [1.165, 1.54) is 24.5 Å². The van der Waals surface area contributed by atoms with Crippen LogP contribution in [-0.4, -0.2) is 33.3 Å². The molecule has 4 rings (SSSR count). The predicted molar refractivity (Wildman–Crippen MR) is 130 cm³/mol. The van der Waals surface area contributed by atoms with E-state index in [-0.39, 0.29) is 17.7 Å². The first-order chi connectivity index (χ1) is 17.6. The fourth-order valence-electron chi connectivity index (χ4n) is 4.10. The number of carbonyl (C=O) groups is 2. The van der Waals surface area contributed by atoms with Crippen LogP contribution in [0.25, 0.3) is 5.76 Å². The lowest BCUT2D eigenvalue weighted by molar-refractivity contribution is -0.140. The number of likely N-dealkylation sites (tertiary alicyclic amines) is 1. The molecular weight excluding hydrogens is 485 g/mol. The molecule has 1 atom stereocenters. The van der Waals surface area contributed by atoms with Crippen LogP contribution in [0.1, 0.15) is 42.1 Å². The summed E-state index contributed by atoms with van der Waals surface area (Å²) in [4.78, 5) is 31.4. The van der Waals surface area contributed by atoms with Crippen molar-refractivity contribution in [3.05, 3.63) is 101 Å². The molecule has 0 radical (unpaired) electrons. The van der Waals surface area contributed by atoms with Crippen molar-refractivity contribution in [1.82, 2.24) is 9.88 Å². The standard InChI is InChI=1S/C28H25F3N2O4/c1-17(2)16-37-22-10-8-19(9-11-22)25(34)23-24(20-6-4-12-32-14-20)33(27(36)26(23)35)15-18-5-3-7-21(13-18)28(29,30)31/h3-14,17,24,34H,15-16H2,1-2H3/b25-23+. The number of ketones is 1. The molecule has 1 unspecified atom stereocenters. The Labute approximate surface area is 212 Å². The molecule has 2 heterocycles. The van der Waals surface area contributed by atoms with E-state index in [9.17, 15) is 27.9 Å². The quantitative estimate of drug-likeness (QED) is 0.249. The number of halogens is 3. The molecule has 0 aliphatic carbocycles. The van der Waals surface area contributed by atoms with Gasteiger partial charge < -0.3 is 14.7 Å². The van der Waals surface area contributed by atoms with Gasteiger partial charge in [0.1, 0.15) is 11.5 Å². The number of pyridine rings is 1. The number of hydrogen-bond acceptors (Lipinski definition) is 5. The van der Waals surface area contributed by atoms with Crippen LogP contribution in [0.4, 0.5) is 13.2 Å². The van der Waals surface area contributed by atoms with Crippen LogP contribution in [0.3, 0.4) is 0 Å². The number of Topliss-reactive ketones (excluding diaryl/α,β-unsaturated/α-hetero) is 1. The molecule has 6 nitrogen and oxygen atoms in total.